The normalized spacial score (nSPS) is 27.8. The third-order valence-electron chi connectivity index (χ3n) is 7.76. The van der Waals surface area contributed by atoms with Crippen molar-refractivity contribution in [2.45, 2.75) is 58.6 Å². The first-order chi connectivity index (χ1) is 15.3. The van der Waals surface area contributed by atoms with E-state index in [-0.39, 0.29) is 29.5 Å². The molecule has 2 atom stereocenters. The van der Waals surface area contributed by atoms with Crippen molar-refractivity contribution in [2.24, 2.45) is 11.3 Å². The third kappa shape index (κ3) is 3.92. The van der Waals surface area contributed by atoms with Crippen LogP contribution in [0.5, 0.6) is 0 Å². The molecule has 1 aliphatic carbocycles. The molecule has 1 amide bonds. The minimum absolute atomic E-state index is 0.0355. The zero-order valence-corrected chi connectivity index (χ0v) is 19.3. The Hall–Kier alpha value is -2.40. The van der Waals surface area contributed by atoms with E-state index in [4.69, 9.17) is 4.74 Å². The van der Waals surface area contributed by atoms with Gasteiger partial charge < -0.3 is 10.1 Å². The van der Waals surface area contributed by atoms with Gasteiger partial charge in [0, 0.05) is 12.1 Å². The predicted octanol–water partition coefficient (Wildman–Crippen LogP) is 5.50. The quantitative estimate of drug-likeness (QED) is 0.688. The maximum absolute atomic E-state index is 15.2. The van der Waals surface area contributed by atoms with Gasteiger partial charge in [-0.1, -0.05) is 45.0 Å². The van der Waals surface area contributed by atoms with Crippen LogP contribution in [0.3, 0.4) is 0 Å². The summed E-state index contributed by atoms with van der Waals surface area (Å²) in [4.78, 5) is 15.2. The average molecular weight is 437 g/mol. The average Bonchev–Trinajstić information content (AvgIpc) is 3.03. The number of fused-ring (bicyclic) bond motifs is 4. The molecule has 0 aromatic heterocycles. The Kier molecular flexibility index (Phi) is 5.48. The second-order valence-electron chi connectivity index (χ2n) is 10.4. The summed E-state index contributed by atoms with van der Waals surface area (Å²) in [6, 6.07) is 11.4. The molecule has 32 heavy (non-hydrogen) atoms. The topological polar surface area (TPSA) is 41.6 Å². The van der Waals surface area contributed by atoms with Crippen molar-refractivity contribution in [1.82, 2.24) is 10.2 Å². The molecule has 3 heterocycles. The maximum Gasteiger partial charge on any atom is 0.407 e. The number of nitrogens with zero attached hydrogens (tertiary/aromatic N) is 1. The Morgan fingerprint density at radius 2 is 1.91 bits per heavy atom. The van der Waals surface area contributed by atoms with Crippen molar-refractivity contribution in [3.8, 4) is 11.1 Å². The first kappa shape index (κ1) is 21.4. The van der Waals surface area contributed by atoms with Gasteiger partial charge in [-0.15, -0.1) is 0 Å². The van der Waals surface area contributed by atoms with E-state index < -0.39 is 0 Å². The summed E-state index contributed by atoms with van der Waals surface area (Å²) in [6.07, 6.45) is 3.53. The number of ether oxygens (including phenoxy) is 1. The molecule has 6 rings (SSSR count). The number of hydrogen-bond donors (Lipinski definition) is 1. The van der Waals surface area contributed by atoms with Crippen LogP contribution in [0.25, 0.3) is 11.1 Å². The van der Waals surface area contributed by atoms with Gasteiger partial charge in [-0.25, -0.2) is 9.18 Å². The number of rotatable bonds is 4. The van der Waals surface area contributed by atoms with E-state index in [1.165, 1.54) is 5.56 Å². The maximum atomic E-state index is 15.2. The molecule has 3 saturated heterocycles. The highest BCUT2D eigenvalue weighted by Crippen LogP contribution is 2.47. The zero-order valence-electron chi connectivity index (χ0n) is 19.3. The molecule has 5 heteroatoms. The highest BCUT2D eigenvalue weighted by molar-refractivity contribution is 5.70. The van der Waals surface area contributed by atoms with Gasteiger partial charge >= 0.3 is 6.09 Å². The van der Waals surface area contributed by atoms with Crippen LogP contribution in [0.15, 0.2) is 36.4 Å². The number of piperidine rings is 3. The molecule has 170 valence electrons. The molecule has 3 aliphatic heterocycles. The number of benzene rings is 2. The van der Waals surface area contributed by atoms with E-state index in [1.54, 1.807) is 6.07 Å². The molecule has 0 spiro atoms. The first-order valence-corrected chi connectivity index (χ1v) is 11.9. The third-order valence-corrected chi connectivity index (χ3v) is 7.76. The van der Waals surface area contributed by atoms with Gasteiger partial charge in [-0.3, -0.25) is 4.90 Å². The molecule has 2 aromatic carbocycles. The highest BCUT2D eigenvalue weighted by atomic mass is 19.1. The molecule has 0 radical (unpaired) electrons. The minimum atomic E-state index is -0.380. The molecule has 4 nitrogen and oxygen atoms in total. The van der Waals surface area contributed by atoms with Crippen LogP contribution in [0.4, 0.5) is 9.18 Å². The van der Waals surface area contributed by atoms with Gasteiger partial charge in [0.25, 0.3) is 0 Å². The summed E-state index contributed by atoms with van der Waals surface area (Å²) in [5.74, 6) is 0.219. The Labute approximate surface area is 190 Å². The van der Waals surface area contributed by atoms with Crippen LogP contribution in [0.2, 0.25) is 0 Å². The van der Waals surface area contributed by atoms with Gasteiger partial charge in [0.1, 0.15) is 11.9 Å². The fourth-order valence-corrected chi connectivity index (χ4v) is 5.82. The van der Waals surface area contributed by atoms with E-state index in [1.807, 2.05) is 18.2 Å². The van der Waals surface area contributed by atoms with Crippen molar-refractivity contribution in [3.63, 3.8) is 0 Å². The van der Waals surface area contributed by atoms with Gasteiger partial charge in [0.2, 0.25) is 0 Å². The number of amides is 1. The first-order valence-electron chi connectivity index (χ1n) is 11.9. The van der Waals surface area contributed by atoms with Gasteiger partial charge in [0.15, 0.2) is 0 Å². The van der Waals surface area contributed by atoms with Gasteiger partial charge in [-0.05, 0) is 84.5 Å². The van der Waals surface area contributed by atoms with Gasteiger partial charge in [-0.2, -0.15) is 0 Å². The molecular weight excluding hydrogens is 403 g/mol. The summed E-state index contributed by atoms with van der Waals surface area (Å²) in [5.41, 5.74) is 4.50. The number of carbonyl (C=O) groups excluding carboxylic acids is 1. The Morgan fingerprint density at radius 3 is 2.53 bits per heavy atom. The molecule has 2 bridgehead atoms. The van der Waals surface area contributed by atoms with Crippen molar-refractivity contribution >= 4 is 6.09 Å². The summed E-state index contributed by atoms with van der Waals surface area (Å²) >= 11 is 0. The molecule has 2 aromatic rings. The Balaban J connectivity index is 1.35. The van der Waals surface area contributed by atoms with Crippen molar-refractivity contribution < 1.29 is 13.9 Å². The minimum Gasteiger partial charge on any atom is -0.445 e. The Morgan fingerprint density at radius 1 is 1.19 bits per heavy atom. The van der Waals surface area contributed by atoms with E-state index in [2.05, 4.69) is 43.1 Å². The predicted molar refractivity (Wildman–Crippen MR) is 124 cm³/mol. The van der Waals surface area contributed by atoms with Crippen LogP contribution in [-0.2, 0) is 17.6 Å². The second-order valence-corrected chi connectivity index (χ2v) is 10.4. The number of nitrogens with one attached hydrogen (secondary N) is 1. The van der Waals surface area contributed by atoms with Crippen LogP contribution < -0.4 is 5.32 Å². The van der Waals surface area contributed by atoms with Crippen LogP contribution in [0.1, 0.15) is 56.3 Å². The fourth-order valence-electron chi connectivity index (χ4n) is 5.82. The van der Waals surface area contributed by atoms with Crippen LogP contribution in [0, 0.1) is 17.2 Å². The standard InChI is InChI=1S/C27H33FN2O2/c1-4-17-5-7-18(8-6-17)21-13-20-15-27(2,3)25(22(20)14-23(21)28)29-26(31)32-24-16-30-11-9-19(24)10-12-30/h5-8,13-14,19,24-25H,4,9-12,15-16H2,1-3H3,(H,29,31)/t24-,25?/m1/s1. The second kappa shape index (κ2) is 8.18. The Bertz CT molecular complexity index is 1010. The molecule has 0 saturated carbocycles. The monoisotopic (exact) mass is 436 g/mol. The van der Waals surface area contributed by atoms with E-state index in [0.29, 0.717) is 11.5 Å². The number of halogens is 1. The van der Waals surface area contributed by atoms with Crippen molar-refractivity contribution in [3.05, 3.63) is 58.9 Å². The molecule has 4 aliphatic rings. The summed E-state index contributed by atoms with van der Waals surface area (Å²) in [6.45, 7) is 9.41. The molecular formula is C27H33FN2O2. The van der Waals surface area contributed by atoms with Crippen LogP contribution in [-0.4, -0.2) is 36.7 Å². The molecule has 3 fully saturated rings. The summed E-state index contributed by atoms with van der Waals surface area (Å²) in [7, 11) is 0. The van der Waals surface area contributed by atoms with Crippen LogP contribution >= 0.6 is 0 Å². The molecule has 1 N–H and O–H groups in total. The number of alkyl carbamates (subject to hydrolysis) is 1. The smallest absolute Gasteiger partial charge is 0.407 e. The van der Waals surface area contributed by atoms with E-state index >= 15 is 4.39 Å². The number of carbonyl (C=O) groups is 1. The lowest BCUT2D eigenvalue weighted by Crippen LogP contribution is -2.53. The highest BCUT2D eigenvalue weighted by Gasteiger charge is 2.42. The number of aryl methyl sites for hydroxylation is 1. The SMILES string of the molecule is CCc1ccc(-c2cc3c(cc2F)C(NC(=O)O[C@@H]2CN4CCC2CC4)C(C)(C)C3)cc1. The zero-order chi connectivity index (χ0) is 22.5. The fraction of sp³-hybridized carbons (Fsp3) is 0.519. The largest absolute Gasteiger partial charge is 0.445 e. The van der Waals surface area contributed by atoms with E-state index in [0.717, 1.165) is 62.0 Å². The summed E-state index contributed by atoms with van der Waals surface area (Å²) < 4.78 is 21.1. The molecule has 1 unspecified atom stereocenters. The lowest BCUT2D eigenvalue weighted by atomic mass is 9.85. The number of hydrogen-bond acceptors (Lipinski definition) is 3. The van der Waals surface area contributed by atoms with Crippen molar-refractivity contribution in [1.29, 1.82) is 0 Å². The lowest BCUT2D eigenvalue weighted by Gasteiger charge is -2.44. The van der Waals surface area contributed by atoms with Crippen molar-refractivity contribution in [2.75, 3.05) is 19.6 Å². The van der Waals surface area contributed by atoms with Gasteiger partial charge in [0.05, 0.1) is 6.04 Å². The summed E-state index contributed by atoms with van der Waals surface area (Å²) in [5, 5.41) is 3.09. The van der Waals surface area contributed by atoms with E-state index in [9.17, 15) is 4.79 Å². The lowest BCUT2D eigenvalue weighted by molar-refractivity contribution is -0.0349.